The number of hydrogen-bond acceptors (Lipinski definition) is 3. The van der Waals surface area contributed by atoms with Gasteiger partial charge in [0.1, 0.15) is 0 Å². The van der Waals surface area contributed by atoms with Gasteiger partial charge in [0.15, 0.2) is 0 Å². The van der Waals surface area contributed by atoms with Crippen molar-refractivity contribution in [3.05, 3.63) is 46.8 Å². The van der Waals surface area contributed by atoms with Gasteiger partial charge in [-0.15, -0.1) is 0 Å². The number of aryl methyl sites for hydroxylation is 2. The normalized spacial score (nSPS) is 13.3. The van der Waals surface area contributed by atoms with Gasteiger partial charge in [0.05, 0.1) is 11.9 Å². The van der Waals surface area contributed by atoms with Gasteiger partial charge in [0.25, 0.3) is 0 Å². The lowest BCUT2D eigenvalue weighted by atomic mass is 9.89. The highest BCUT2D eigenvalue weighted by atomic mass is 16.3. The third-order valence-corrected chi connectivity index (χ3v) is 4.78. The monoisotopic (exact) mass is 329 g/mol. The largest absolute Gasteiger partial charge is 0.396 e. The van der Waals surface area contributed by atoms with Gasteiger partial charge in [-0.3, -0.25) is 0 Å². The topological polar surface area (TPSA) is 50.1 Å². The van der Waals surface area contributed by atoms with E-state index in [1.807, 2.05) is 10.9 Å². The summed E-state index contributed by atoms with van der Waals surface area (Å²) in [6.07, 6.45) is 2.77. The Balaban J connectivity index is 2.19. The molecule has 0 saturated carbocycles. The van der Waals surface area contributed by atoms with Crippen LogP contribution in [0, 0.1) is 26.2 Å². The van der Waals surface area contributed by atoms with Crippen LogP contribution in [0.15, 0.2) is 24.4 Å². The number of nitrogens with one attached hydrogen (secondary N) is 1. The Morgan fingerprint density at radius 3 is 2.62 bits per heavy atom. The molecule has 0 spiro atoms. The molecule has 1 unspecified atom stereocenters. The summed E-state index contributed by atoms with van der Waals surface area (Å²) in [5.41, 5.74) is 6.08. The van der Waals surface area contributed by atoms with Crippen LogP contribution in [0.5, 0.6) is 0 Å². The minimum absolute atomic E-state index is 0.0834. The van der Waals surface area contributed by atoms with Crippen LogP contribution in [0.25, 0.3) is 5.69 Å². The van der Waals surface area contributed by atoms with Gasteiger partial charge >= 0.3 is 0 Å². The number of aliphatic hydroxyl groups excluding tert-OH is 1. The van der Waals surface area contributed by atoms with E-state index >= 15 is 0 Å². The smallest absolute Gasteiger partial charge is 0.0680 e. The maximum Gasteiger partial charge on any atom is 0.0680 e. The first-order chi connectivity index (χ1) is 11.2. The van der Waals surface area contributed by atoms with E-state index < -0.39 is 0 Å². The predicted octanol–water partition coefficient (Wildman–Crippen LogP) is 3.86. The fourth-order valence-corrected chi connectivity index (χ4v) is 2.97. The zero-order valence-electron chi connectivity index (χ0n) is 15.8. The summed E-state index contributed by atoms with van der Waals surface area (Å²) >= 11 is 0. The van der Waals surface area contributed by atoms with Crippen molar-refractivity contribution in [1.29, 1.82) is 0 Å². The second-order valence-electron chi connectivity index (χ2n) is 7.63. The molecule has 1 aromatic heterocycles. The molecular weight excluding hydrogens is 298 g/mol. The highest BCUT2D eigenvalue weighted by Crippen LogP contribution is 2.24. The van der Waals surface area contributed by atoms with E-state index in [-0.39, 0.29) is 18.1 Å². The molecule has 0 bridgehead atoms. The van der Waals surface area contributed by atoms with Crippen LogP contribution in [-0.4, -0.2) is 28.0 Å². The van der Waals surface area contributed by atoms with Crippen molar-refractivity contribution < 1.29 is 5.11 Å². The van der Waals surface area contributed by atoms with Crippen LogP contribution >= 0.6 is 0 Å². The Morgan fingerprint density at radius 2 is 1.96 bits per heavy atom. The molecule has 2 N–H and O–H groups in total. The molecule has 0 saturated heterocycles. The van der Waals surface area contributed by atoms with Gasteiger partial charge in [-0.05, 0) is 56.7 Å². The van der Waals surface area contributed by atoms with E-state index in [0.717, 1.165) is 18.7 Å². The Morgan fingerprint density at radius 1 is 1.25 bits per heavy atom. The van der Waals surface area contributed by atoms with E-state index in [1.54, 1.807) is 0 Å². The highest BCUT2D eigenvalue weighted by Gasteiger charge is 2.20. The summed E-state index contributed by atoms with van der Waals surface area (Å²) in [5, 5.41) is 17.4. The second-order valence-corrected chi connectivity index (χ2v) is 7.63. The van der Waals surface area contributed by atoms with Gasteiger partial charge in [-0.2, -0.15) is 5.10 Å². The molecule has 1 atom stereocenters. The lowest BCUT2D eigenvalue weighted by Gasteiger charge is -2.26. The standard InChI is InChI=1S/C20H31N3O/c1-14-7-8-15(2)19(11-14)23-17(4)18(12-22-23)16(3)21-13-20(5,6)9-10-24/h7-8,11-12,16,21,24H,9-10,13H2,1-6H3. The lowest BCUT2D eigenvalue weighted by molar-refractivity contribution is 0.203. The van der Waals surface area contributed by atoms with Gasteiger partial charge in [-0.1, -0.05) is 26.0 Å². The Kier molecular flexibility index (Phi) is 5.83. The molecule has 4 nitrogen and oxygen atoms in total. The minimum atomic E-state index is 0.0834. The molecule has 4 heteroatoms. The fourth-order valence-electron chi connectivity index (χ4n) is 2.97. The molecule has 0 aliphatic carbocycles. The summed E-state index contributed by atoms with van der Waals surface area (Å²) in [7, 11) is 0. The Hall–Kier alpha value is -1.65. The van der Waals surface area contributed by atoms with Crippen molar-refractivity contribution in [2.45, 2.75) is 54.0 Å². The number of rotatable bonds is 7. The highest BCUT2D eigenvalue weighted by molar-refractivity contribution is 5.44. The van der Waals surface area contributed by atoms with Gasteiger partial charge in [0, 0.05) is 30.5 Å². The molecule has 1 heterocycles. The molecule has 24 heavy (non-hydrogen) atoms. The van der Waals surface area contributed by atoms with Crippen LogP contribution in [0.2, 0.25) is 0 Å². The van der Waals surface area contributed by atoms with E-state index in [4.69, 9.17) is 5.11 Å². The maximum atomic E-state index is 9.16. The number of nitrogens with zero attached hydrogens (tertiary/aromatic N) is 2. The maximum absolute atomic E-state index is 9.16. The third kappa shape index (κ3) is 4.25. The van der Waals surface area contributed by atoms with Gasteiger partial charge in [0.2, 0.25) is 0 Å². The first-order valence-corrected chi connectivity index (χ1v) is 8.71. The number of aromatic nitrogens is 2. The van der Waals surface area contributed by atoms with Gasteiger partial charge < -0.3 is 10.4 Å². The molecular formula is C20H31N3O. The summed E-state index contributed by atoms with van der Waals surface area (Å²) < 4.78 is 2.04. The SMILES string of the molecule is Cc1ccc(C)c(-n2ncc(C(C)NCC(C)(C)CCO)c2C)c1. The molecule has 132 valence electrons. The second kappa shape index (κ2) is 7.49. The molecule has 0 radical (unpaired) electrons. The summed E-state index contributed by atoms with van der Waals surface area (Å²) in [6, 6.07) is 6.68. The molecule has 1 aromatic carbocycles. The van der Waals surface area contributed by atoms with E-state index in [9.17, 15) is 0 Å². The van der Waals surface area contributed by atoms with Crippen molar-refractivity contribution in [3.8, 4) is 5.69 Å². The molecule has 0 fully saturated rings. The first-order valence-electron chi connectivity index (χ1n) is 8.71. The zero-order valence-corrected chi connectivity index (χ0v) is 15.8. The summed E-state index contributed by atoms with van der Waals surface area (Å²) in [6.45, 7) is 14.0. The van der Waals surface area contributed by atoms with Crippen molar-refractivity contribution in [1.82, 2.24) is 15.1 Å². The Bertz CT molecular complexity index is 688. The predicted molar refractivity (Wildman–Crippen MR) is 99.7 cm³/mol. The number of benzene rings is 1. The minimum Gasteiger partial charge on any atom is -0.396 e. The van der Waals surface area contributed by atoms with Crippen molar-refractivity contribution in [2.75, 3.05) is 13.2 Å². The quantitative estimate of drug-likeness (QED) is 0.811. The number of hydrogen-bond donors (Lipinski definition) is 2. The average molecular weight is 329 g/mol. The molecule has 0 aliphatic rings. The number of aliphatic hydroxyl groups is 1. The van der Waals surface area contributed by atoms with E-state index in [1.165, 1.54) is 22.4 Å². The Labute approximate surface area is 145 Å². The molecule has 2 aromatic rings. The van der Waals surface area contributed by atoms with Crippen LogP contribution in [0.4, 0.5) is 0 Å². The molecule has 0 amide bonds. The van der Waals surface area contributed by atoms with Crippen LogP contribution < -0.4 is 5.32 Å². The average Bonchev–Trinajstić information content (AvgIpc) is 2.89. The van der Waals surface area contributed by atoms with Crippen molar-refractivity contribution in [3.63, 3.8) is 0 Å². The molecule has 2 rings (SSSR count). The van der Waals surface area contributed by atoms with E-state index in [0.29, 0.717) is 0 Å². The van der Waals surface area contributed by atoms with Crippen molar-refractivity contribution in [2.24, 2.45) is 5.41 Å². The third-order valence-electron chi connectivity index (χ3n) is 4.78. The lowest BCUT2D eigenvalue weighted by Crippen LogP contribution is -2.32. The zero-order chi connectivity index (χ0) is 17.9. The summed E-state index contributed by atoms with van der Waals surface area (Å²) in [5.74, 6) is 0. The first kappa shape index (κ1) is 18.7. The van der Waals surface area contributed by atoms with Gasteiger partial charge in [-0.25, -0.2) is 4.68 Å². The van der Waals surface area contributed by atoms with Crippen LogP contribution in [-0.2, 0) is 0 Å². The summed E-state index contributed by atoms with van der Waals surface area (Å²) in [4.78, 5) is 0. The van der Waals surface area contributed by atoms with Crippen LogP contribution in [0.3, 0.4) is 0 Å². The van der Waals surface area contributed by atoms with Crippen molar-refractivity contribution >= 4 is 0 Å². The molecule has 0 aliphatic heterocycles. The van der Waals surface area contributed by atoms with Crippen LogP contribution in [0.1, 0.15) is 55.6 Å². The van der Waals surface area contributed by atoms with E-state index in [2.05, 4.69) is 70.2 Å². The fraction of sp³-hybridized carbons (Fsp3) is 0.550.